The van der Waals surface area contributed by atoms with E-state index in [1.807, 2.05) is 0 Å². The highest BCUT2D eigenvalue weighted by Crippen LogP contribution is 2.49. The molecule has 3 aliphatic rings. The summed E-state index contributed by atoms with van der Waals surface area (Å²) in [5.74, 6) is -1.27. The van der Waals surface area contributed by atoms with Gasteiger partial charge in [-0.15, -0.1) is 0 Å². The van der Waals surface area contributed by atoms with Crippen molar-refractivity contribution in [2.24, 2.45) is 5.92 Å². The maximum absolute atomic E-state index is 14.4. The molecule has 0 spiro atoms. The summed E-state index contributed by atoms with van der Waals surface area (Å²) in [5, 5.41) is 110. The third kappa shape index (κ3) is 40.4. The number of aliphatic hydroxyl groups is 10. The summed E-state index contributed by atoms with van der Waals surface area (Å²) in [6.07, 6.45) is 15.7. The molecule has 1 aliphatic carbocycles. The lowest BCUT2D eigenvalue weighted by Gasteiger charge is -2.49. The number of hydrogen-bond donors (Lipinski definition) is 11. The quantitative estimate of drug-likeness (QED) is 0.0117. The van der Waals surface area contributed by atoms with Crippen LogP contribution in [-0.4, -0.2) is 204 Å². The summed E-state index contributed by atoms with van der Waals surface area (Å²) in [4.78, 5) is 51.2. The predicted molar refractivity (Wildman–Crippen MR) is 388 cm³/mol. The number of esters is 3. The van der Waals surface area contributed by atoms with Gasteiger partial charge in [-0.1, -0.05) is 297 Å². The number of unbranched alkanes of at least 4 members (excludes halogenated alkanes) is 39. The van der Waals surface area contributed by atoms with Crippen LogP contribution in [0.15, 0.2) is 0 Å². The molecule has 0 aromatic carbocycles. The first-order valence-electron chi connectivity index (χ1n) is 40.7. The first kappa shape index (κ1) is 94.2. The van der Waals surface area contributed by atoms with E-state index in [9.17, 15) is 74.9 Å². The SMILES string of the molecule is CCCCCCCCCCCCCCCCCCCC(=O)OC(COC(=O)CCCCCCCCC(C)CCCCCCCC)COP(=O)(O)OC1C(OC2OC(CO)C(O)C(O)C2O)C(O)C(O)C(O)C1OC1OC(COC(=O)CCCCCCCCCCCCCCCC)C(O)C(O)C1O. The fraction of sp³-hybridized carbons (Fsp3) is 0.961. The highest BCUT2D eigenvalue weighted by atomic mass is 31.2. The Hall–Kier alpha value is -2.04. The number of carbonyl (C=O) groups excluding carboxylic acids is 3. The standard InChI is InChI=1S/C77H145O24P/c1-5-8-11-14-17-19-21-23-25-26-27-29-31-33-35-42-47-52-63(81)96-58(54-93-61(79)50-45-41-37-36-39-44-49-57(4)48-43-38-16-13-10-7-3)55-95-102(91,92)101-75-73(99-76-71(89)66(84)64(82)59(53-78)97-76)69(87)68(86)70(88)74(75)100-77-72(90)67(85)65(83)60(98-77)56-94-62(80)51-46-40-34-32-30-28-24-22-20-18-15-12-9-6-2/h57-60,64-78,82-90H,5-56H2,1-4H3,(H,91,92). The molecule has 0 radical (unpaired) electrons. The van der Waals surface area contributed by atoms with E-state index < -0.39 is 156 Å². The lowest BCUT2D eigenvalue weighted by Crippen LogP contribution is -2.69. The summed E-state index contributed by atoms with van der Waals surface area (Å²) in [5.41, 5.74) is 0. The van der Waals surface area contributed by atoms with Crippen molar-refractivity contribution in [1.82, 2.24) is 0 Å². The topological polar surface area (TPSA) is 374 Å². The third-order valence-corrected chi connectivity index (χ3v) is 21.5. The van der Waals surface area contributed by atoms with Gasteiger partial charge in [0.1, 0.15) is 98.7 Å². The lowest BCUT2D eigenvalue weighted by atomic mass is 9.84. The van der Waals surface area contributed by atoms with Gasteiger partial charge in [-0.2, -0.15) is 0 Å². The molecular weight excluding hydrogens is 1340 g/mol. The van der Waals surface area contributed by atoms with Gasteiger partial charge in [-0.05, 0) is 25.2 Å². The van der Waals surface area contributed by atoms with Gasteiger partial charge < -0.3 is 89.1 Å². The van der Waals surface area contributed by atoms with E-state index in [0.29, 0.717) is 25.2 Å². The zero-order valence-corrected chi connectivity index (χ0v) is 64.2. The van der Waals surface area contributed by atoms with Crippen LogP contribution in [-0.2, 0) is 61.2 Å². The first-order chi connectivity index (χ1) is 49.2. The van der Waals surface area contributed by atoms with Crippen molar-refractivity contribution in [3.63, 3.8) is 0 Å². The van der Waals surface area contributed by atoms with Crippen LogP contribution in [0.4, 0.5) is 0 Å². The zero-order valence-electron chi connectivity index (χ0n) is 63.3. The summed E-state index contributed by atoms with van der Waals surface area (Å²) >= 11 is 0. The minimum absolute atomic E-state index is 0.0334. The van der Waals surface area contributed by atoms with Crippen LogP contribution in [0.1, 0.15) is 336 Å². The molecule has 0 aromatic rings. The Balaban J connectivity index is 1.71. The second-order valence-corrected chi connectivity index (χ2v) is 31.2. The predicted octanol–water partition coefficient (Wildman–Crippen LogP) is 12.4. The molecule has 3 fully saturated rings. The Morgan fingerprint density at radius 2 is 0.686 bits per heavy atom. The molecule has 0 amide bonds. The molecule has 0 bridgehead atoms. The maximum Gasteiger partial charge on any atom is 0.472 e. The molecule has 19 atom stereocenters. The molecule has 1 saturated carbocycles. The zero-order chi connectivity index (χ0) is 74.8. The Bertz CT molecular complexity index is 2120. The van der Waals surface area contributed by atoms with Crippen LogP contribution in [0, 0.1) is 5.92 Å². The second kappa shape index (κ2) is 58.0. The molecule has 2 aliphatic heterocycles. The molecule has 11 N–H and O–H groups in total. The van der Waals surface area contributed by atoms with Crippen LogP contribution >= 0.6 is 7.82 Å². The highest BCUT2D eigenvalue weighted by molar-refractivity contribution is 7.47. The molecular formula is C77H145O24P. The number of ether oxygens (including phenoxy) is 7. The number of carbonyl (C=O) groups is 3. The van der Waals surface area contributed by atoms with Gasteiger partial charge in [0.25, 0.3) is 0 Å². The molecule has 602 valence electrons. The van der Waals surface area contributed by atoms with Gasteiger partial charge in [-0.3, -0.25) is 23.4 Å². The molecule has 24 nitrogen and oxygen atoms in total. The van der Waals surface area contributed by atoms with Crippen LogP contribution in [0.2, 0.25) is 0 Å². The maximum atomic E-state index is 14.4. The van der Waals surface area contributed by atoms with Crippen molar-refractivity contribution in [2.75, 3.05) is 26.4 Å². The van der Waals surface area contributed by atoms with Gasteiger partial charge in [0.15, 0.2) is 18.7 Å². The number of phosphoric ester groups is 1. The van der Waals surface area contributed by atoms with E-state index in [4.69, 9.17) is 42.2 Å². The molecule has 19 unspecified atom stereocenters. The molecule has 0 aromatic heterocycles. The van der Waals surface area contributed by atoms with Gasteiger partial charge in [-0.25, -0.2) is 4.57 Å². The lowest BCUT2D eigenvalue weighted by molar-refractivity contribution is -0.360. The van der Waals surface area contributed by atoms with Crippen molar-refractivity contribution in [1.29, 1.82) is 0 Å². The van der Waals surface area contributed by atoms with Crippen LogP contribution in [0.3, 0.4) is 0 Å². The minimum Gasteiger partial charge on any atom is -0.463 e. The fourth-order valence-corrected chi connectivity index (χ4v) is 14.8. The van der Waals surface area contributed by atoms with Crippen molar-refractivity contribution in [3.05, 3.63) is 0 Å². The third-order valence-electron chi connectivity index (χ3n) is 20.5. The molecule has 3 rings (SSSR count). The average molecular weight is 1490 g/mol. The Labute approximate surface area is 612 Å². The van der Waals surface area contributed by atoms with E-state index in [-0.39, 0.29) is 19.3 Å². The summed E-state index contributed by atoms with van der Waals surface area (Å²) in [7, 11) is -5.70. The number of phosphoric acid groups is 1. The van der Waals surface area contributed by atoms with E-state index in [1.165, 1.54) is 173 Å². The van der Waals surface area contributed by atoms with Gasteiger partial charge in [0, 0.05) is 19.3 Å². The normalized spacial score (nSPS) is 27.3. The molecule has 2 heterocycles. The van der Waals surface area contributed by atoms with Crippen molar-refractivity contribution in [2.45, 2.75) is 440 Å². The van der Waals surface area contributed by atoms with Crippen molar-refractivity contribution in [3.8, 4) is 0 Å². The van der Waals surface area contributed by atoms with E-state index in [0.717, 1.165) is 96.3 Å². The largest absolute Gasteiger partial charge is 0.472 e. The number of rotatable bonds is 64. The first-order valence-corrected chi connectivity index (χ1v) is 42.2. The van der Waals surface area contributed by atoms with E-state index in [1.54, 1.807) is 0 Å². The van der Waals surface area contributed by atoms with Gasteiger partial charge in [0.05, 0.1) is 13.2 Å². The molecule has 102 heavy (non-hydrogen) atoms. The van der Waals surface area contributed by atoms with Crippen molar-refractivity contribution >= 4 is 25.7 Å². The van der Waals surface area contributed by atoms with E-state index >= 15 is 0 Å². The number of aliphatic hydroxyl groups excluding tert-OH is 10. The second-order valence-electron chi connectivity index (χ2n) is 29.8. The fourth-order valence-electron chi connectivity index (χ4n) is 13.8. The average Bonchev–Trinajstić information content (AvgIpc) is 0.762. The van der Waals surface area contributed by atoms with Crippen molar-refractivity contribution < 1.29 is 117 Å². The van der Waals surface area contributed by atoms with Crippen LogP contribution in [0.25, 0.3) is 0 Å². The summed E-state index contributed by atoms with van der Waals surface area (Å²) in [6, 6.07) is 0. The Kier molecular flexibility index (Phi) is 53.5. The Morgan fingerprint density at radius 1 is 0.373 bits per heavy atom. The van der Waals surface area contributed by atoms with Crippen LogP contribution in [0.5, 0.6) is 0 Å². The highest BCUT2D eigenvalue weighted by Gasteiger charge is 2.58. The minimum atomic E-state index is -5.70. The van der Waals surface area contributed by atoms with Gasteiger partial charge in [0.2, 0.25) is 0 Å². The van der Waals surface area contributed by atoms with Gasteiger partial charge >= 0.3 is 25.7 Å². The monoisotopic (exact) mass is 1480 g/mol. The summed E-state index contributed by atoms with van der Waals surface area (Å²) in [6.45, 7) is 5.83. The number of hydrogen-bond acceptors (Lipinski definition) is 23. The summed E-state index contributed by atoms with van der Waals surface area (Å²) < 4.78 is 65.3. The van der Waals surface area contributed by atoms with Crippen LogP contribution < -0.4 is 0 Å². The van der Waals surface area contributed by atoms with E-state index in [2.05, 4.69) is 27.7 Å². The molecule has 25 heteroatoms. The molecule has 2 saturated heterocycles. The Morgan fingerprint density at radius 3 is 1.06 bits per heavy atom. The smallest absolute Gasteiger partial charge is 0.463 e.